The van der Waals surface area contributed by atoms with Crippen LogP contribution in [-0.2, 0) is 20.3 Å². The second kappa shape index (κ2) is 8.12. The molecule has 0 amide bonds. The van der Waals surface area contributed by atoms with Crippen LogP contribution in [0.1, 0.15) is 43.4 Å². The van der Waals surface area contributed by atoms with Crippen molar-refractivity contribution >= 4 is 45.2 Å². The SMILES string of the molecule is CC1=C2c3c(ccc4ccccc34)[CH]1[Zr]([CH3])([CH3])[CH]1C(C)=C(c3c1ccc1ccccc31)[Si]2(C)c1ccccc1. The summed E-state index contributed by atoms with van der Waals surface area (Å²) < 4.78 is 6.72. The third-order valence-corrected chi connectivity index (χ3v) is 26.3. The first-order valence-corrected chi connectivity index (χ1v) is 24.6. The summed E-state index contributed by atoms with van der Waals surface area (Å²) in [5, 5.41) is 10.6. The molecule has 0 saturated carbocycles. The first-order chi connectivity index (χ1) is 18.8. The van der Waals surface area contributed by atoms with E-state index in [0.29, 0.717) is 7.25 Å². The van der Waals surface area contributed by atoms with Crippen LogP contribution in [0.2, 0.25) is 15.8 Å². The molecule has 5 aromatic carbocycles. The Labute approximate surface area is 237 Å². The predicted octanol–water partition coefficient (Wildman–Crippen LogP) is 9.68. The molecule has 1 heterocycles. The Morgan fingerprint density at radius 2 is 0.974 bits per heavy atom. The van der Waals surface area contributed by atoms with Crippen molar-refractivity contribution in [1.82, 2.24) is 0 Å². The van der Waals surface area contributed by atoms with Gasteiger partial charge in [0.25, 0.3) is 0 Å². The van der Waals surface area contributed by atoms with Crippen LogP contribution < -0.4 is 5.19 Å². The zero-order valence-corrected chi connectivity index (χ0v) is 26.9. The maximum atomic E-state index is 2.76. The van der Waals surface area contributed by atoms with Crippen LogP contribution in [0.15, 0.2) is 114 Å². The molecule has 1 aliphatic heterocycles. The molecule has 0 saturated heterocycles. The van der Waals surface area contributed by atoms with Gasteiger partial charge in [0, 0.05) is 0 Å². The molecule has 0 aromatic heterocycles. The van der Waals surface area contributed by atoms with Crippen LogP contribution in [0.5, 0.6) is 0 Å². The van der Waals surface area contributed by atoms with E-state index in [4.69, 9.17) is 0 Å². The first-order valence-electron chi connectivity index (χ1n) is 14.4. The van der Waals surface area contributed by atoms with Crippen LogP contribution >= 0.6 is 0 Å². The van der Waals surface area contributed by atoms with E-state index in [1.807, 2.05) is 0 Å². The molecule has 0 spiro atoms. The molecule has 0 N–H and O–H groups in total. The first kappa shape index (κ1) is 24.0. The van der Waals surface area contributed by atoms with Gasteiger partial charge in [0.2, 0.25) is 0 Å². The summed E-state index contributed by atoms with van der Waals surface area (Å²) >= 11 is -2.91. The molecular formula is C37H34SiZr. The Kier molecular flexibility index (Phi) is 5.00. The number of benzene rings is 5. The molecule has 0 fully saturated rings. The van der Waals surface area contributed by atoms with Crippen molar-refractivity contribution < 1.29 is 20.3 Å². The van der Waals surface area contributed by atoms with E-state index in [0.717, 1.165) is 0 Å². The van der Waals surface area contributed by atoms with Gasteiger partial charge in [0.1, 0.15) is 0 Å². The number of hydrogen-bond acceptors (Lipinski definition) is 0. The average molecular weight is 598 g/mol. The zero-order valence-electron chi connectivity index (χ0n) is 23.5. The Balaban J connectivity index is 1.60. The Hall–Kier alpha value is -2.80. The second-order valence-corrected chi connectivity index (χ2v) is 28.4. The van der Waals surface area contributed by atoms with Gasteiger partial charge >= 0.3 is 239 Å². The third kappa shape index (κ3) is 2.92. The van der Waals surface area contributed by atoms with Crippen molar-refractivity contribution in [3.8, 4) is 0 Å². The third-order valence-electron chi connectivity index (χ3n) is 10.5. The molecule has 39 heavy (non-hydrogen) atoms. The van der Waals surface area contributed by atoms with Gasteiger partial charge in [-0.1, -0.05) is 0 Å². The van der Waals surface area contributed by atoms with Gasteiger partial charge in [-0.15, -0.1) is 0 Å². The topological polar surface area (TPSA) is 0 Å². The van der Waals surface area contributed by atoms with Crippen LogP contribution in [-0.4, -0.2) is 8.07 Å². The molecule has 2 heteroatoms. The molecular weight excluding hydrogens is 564 g/mol. The van der Waals surface area contributed by atoms with Crippen LogP contribution in [0.3, 0.4) is 0 Å². The van der Waals surface area contributed by atoms with Gasteiger partial charge in [0.05, 0.1) is 0 Å². The fourth-order valence-electron chi connectivity index (χ4n) is 9.32. The molecule has 4 bridgehead atoms. The summed E-state index contributed by atoms with van der Waals surface area (Å²) in [6.45, 7) is 7.76. The van der Waals surface area contributed by atoms with Crippen LogP contribution in [0.25, 0.3) is 31.9 Å². The number of hydrogen-bond donors (Lipinski definition) is 0. The van der Waals surface area contributed by atoms with E-state index in [9.17, 15) is 0 Å². The van der Waals surface area contributed by atoms with E-state index >= 15 is 0 Å². The van der Waals surface area contributed by atoms with E-state index in [-0.39, 0.29) is 0 Å². The van der Waals surface area contributed by atoms with E-state index < -0.39 is 28.3 Å². The van der Waals surface area contributed by atoms with Gasteiger partial charge in [-0.2, -0.15) is 0 Å². The van der Waals surface area contributed by atoms with Crippen molar-refractivity contribution in [3.63, 3.8) is 0 Å². The van der Waals surface area contributed by atoms with Crippen molar-refractivity contribution in [2.24, 2.45) is 0 Å². The van der Waals surface area contributed by atoms with E-state index in [2.05, 4.69) is 133 Å². The number of allylic oxidation sites excluding steroid dienone is 2. The van der Waals surface area contributed by atoms with Crippen LogP contribution in [0, 0.1) is 0 Å². The fraction of sp³-hybridized carbons (Fsp3) is 0.189. The number of fused-ring (bicyclic) bond motifs is 12. The molecule has 5 aromatic rings. The van der Waals surface area contributed by atoms with Crippen molar-refractivity contribution in [2.45, 2.75) is 36.9 Å². The summed E-state index contributed by atoms with van der Waals surface area (Å²) in [5.41, 5.74) is 9.86. The van der Waals surface area contributed by atoms with E-state index in [1.165, 1.54) is 21.5 Å². The fourth-order valence-corrected chi connectivity index (χ4v) is 27.3. The Bertz CT molecular complexity index is 1810. The molecule has 0 nitrogen and oxygen atoms in total. The molecule has 190 valence electrons. The minimum atomic E-state index is -2.91. The molecule has 3 aliphatic rings. The second-order valence-electron chi connectivity index (χ2n) is 12.8. The molecule has 8 rings (SSSR count). The Morgan fingerprint density at radius 3 is 1.46 bits per heavy atom. The van der Waals surface area contributed by atoms with Gasteiger partial charge in [-0.3, -0.25) is 0 Å². The molecule has 2 unspecified atom stereocenters. The van der Waals surface area contributed by atoms with Gasteiger partial charge in [-0.05, 0) is 0 Å². The van der Waals surface area contributed by atoms with E-state index in [1.54, 1.807) is 49.0 Å². The summed E-state index contributed by atoms with van der Waals surface area (Å²) in [5.74, 6) is 0. The normalized spacial score (nSPS) is 24.6. The minimum absolute atomic E-state index is 0.600. The molecule has 2 atom stereocenters. The van der Waals surface area contributed by atoms with Crippen molar-refractivity contribution in [1.29, 1.82) is 0 Å². The maximum absolute atomic E-state index is 2.91. The van der Waals surface area contributed by atoms with Crippen molar-refractivity contribution in [3.05, 3.63) is 137 Å². The standard InChI is InChI=1S/C35H28Si.2CH3.Zr/c1-23-21-27-19-17-25-11-7-9-15-30(25)32(27)34(23)36(3,29-13-5-4-6-14-29)35-24(2)22-28-20-18-26-12-8-10-16-31(26)33(28)35;;;/h4-22H,1-3H3;2*1H3;. The summed E-state index contributed by atoms with van der Waals surface area (Å²) in [4.78, 5) is 0. The van der Waals surface area contributed by atoms with Gasteiger partial charge in [0.15, 0.2) is 0 Å². The Morgan fingerprint density at radius 1 is 0.538 bits per heavy atom. The predicted molar refractivity (Wildman–Crippen MR) is 168 cm³/mol. The molecule has 0 radical (unpaired) electrons. The van der Waals surface area contributed by atoms with Gasteiger partial charge in [-0.25, -0.2) is 0 Å². The van der Waals surface area contributed by atoms with Crippen LogP contribution in [0.4, 0.5) is 0 Å². The van der Waals surface area contributed by atoms with Crippen molar-refractivity contribution in [2.75, 3.05) is 0 Å². The monoisotopic (exact) mass is 596 g/mol. The zero-order chi connectivity index (χ0) is 26.7. The average Bonchev–Trinajstić information content (AvgIpc) is 3.45. The summed E-state index contributed by atoms with van der Waals surface area (Å²) in [6.07, 6.45) is 0. The van der Waals surface area contributed by atoms with Gasteiger partial charge < -0.3 is 0 Å². The quantitative estimate of drug-likeness (QED) is 0.169. The summed E-state index contributed by atoms with van der Waals surface area (Å²) in [6, 6.07) is 39.8. The number of rotatable bonds is 1. The molecule has 2 aliphatic carbocycles. The summed E-state index contributed by atoms with van der Waals surface area (Å²) in [7, 11) is -2.40.